The summed E-state index contributed by atoms with van der Waals surface area (Å²) < 4.78 is 1.93. The van der Waals surface area contributed by atoms with E-state index >= 15 is 0 Å². The van der Waals surface area contributed by atoms with Crippen molar-refractivity contribution in [2.75, 3.05) is 0 Å². The summed E-state index contributed by atoms with van der Waals surface area (Å²) in [6, 6.07) is 10.1. The molecule has 1 aromatic carbocycles. The van der Waals surface area contributed by atoms with Crippen molar-refractivity contribution in [3.63, 3.8) is 0 Å². The third-order valence-corrected chi connectivity index (χ3v) is 3.54. The molecule has 0 aliphatic carbocycles. The summed E-state index contributed by atoms with van der Waals surface area (Å²) in [4.78, 5) is 9.16. The summed E-state index contributed by atoms with van der Waals surface area (Å²) in [5, 5.41) is 5.70. The molecule has 0 saturated carbocycles. The van der Waals surface area contributed by atoms with Crippen LogP contribution in [0, 0.1) is 0 Å². The molecule has 2 aromatic heterocycles. The van der Waals surface area contributed by atoms with Gasteiger partial charge in [0.25, 0.3) is 0 Å². The first-order valence-electron chi connectivity index (χ1n) is 7.30. The van der Waals surface area contributed by atoms with Gasteiger partial charge in [-0.05, 0) is 12.1 Å². The van der Waals surface area contributed by atoms with Gasteiger partial charge in [-0.25, -0.2) is 9.67 Å². The lowest BCUT2D eigenvalue weighted by Gasteiger charge is -2.10. The Hall–Kier alpha value is -2.27. The largest absolute Gasteiger partial charge is 0.325 e. The molecule has 5 nitrogen and oxygen atoms in total. The Morgan fingerprint density at radius 2 is 1.90 bits per heavy atom. The molecule has 0 unspecified atom stereocenters. The Bertz CT molecular complexity index is 775. The van der Waals surface area contributed by atoms with Crippen molar-refractivity contribution >= 4 is 10.9 Å². The van der Waals surface area contributed by atoms with Gasteiger partial charge in [0.1, 0.15) is 5.82 Å². The van der Waals surface area contributed by atoms with E-state index in [1.165, 1.54) is 0 Å². The second-order valence-electron chi connectivity index (χ2n) is 4.92. The van der Waals surface area contributed by atoms with Crippen LogP contribution in [0.1, 0.15) is 31.2 Å². The van der Waals surface area contributed by atoms with Crippen LogP contribution in [-0.4, -0.2) is 19.7 Å². The average molecular weight is 281 g/mol. The Kier molecular flexibility index (Phi) is 3.66. The first-order chi connectivity index (χ1) is 10.3. The molecule has 0 bridgehead atoms. The summed E-state index contributed by atoms with van der Waals surface area (Å²) in [6.45, 7) is 4.57. The second kappa shape index (κ2) is 5.61. The van der Waals surface area contributed by atoms with Crippen LogP contribution in [0.5, 0.6) is 0 Å². The number of benzene rings is 1. The number of rotatable bonds is 4. The van der Waals surface area contributed by atoms with Gasteiger partial charge in [-0.3, -0.25) is 4.98 Å². The van der Waals surface area contributed by atoms with Crippen molar-refractivity contribution in [3.8, 4) is 5.69 Å². The van der Waals surface area contributed by atoms with Gasteiger partial charge in [-0.1, -0.05) is 32.0 Å². The first-order valence-corrected chi connectivity index (χ1v) is 7.30. The number of hydrogen-bond acceptors (Lipinski definition) is 4. The van der Waals surface area contributed by atoms with E-state index in [2.05, 4.69) is 35.0 Å². The molecule has 0 fully saturated rings. The Morgan fingerprint density at radius 3 is 2.62 bits per heavy atom. The van der Waals surface area contributed by atoms with Gasteiger partial charge in [-0.15, -0.1) is 0 Å². The highest BCUT2D eigenvalue weighted by atomic mass is 15.4. The van der Waals surface area contributed by atoms with Crippen molar-refractivity contribution in [2.24, 2.45) is 5.73 Å². The van der Waals surface area contributed by atoms with Gasteiger partial charge < -0.3 is 5.73 Å². The molecule has 5 heteroatoms. The quantitative estimate of drug-likeness (QED) is 0.797. The highest BCUT2D eigenvalue weighted by molar-refractivity contribution is 5.87. The summed E-state index contributed by atoms with van der Waals surface area (Å²) >= 11 is 0. The maximum Gasteiger partial charge on any atom is 0.151 e. The first kappa shape index (κ1) is 13.7. The highest BCUT2D eigenvalue weighted by Crippen LogP contribution is 2.23. The maximum atomic E-state index is 5.78. The van der Waals surface area contributed by atoms with Gasteiger partial charge in [0, 0.05) is 24.8 Å². The van der Waals surface area contributed by atoms with Crippen LogP contribution < -0.4 is 5.73 Å². The Labute approximate surface area is 123 Å². The van der Waals surface area contributed by atoms with E-state index in [0.29, 0.717) is 6.54 Å². The van der Waals surface area contributed by atoms with Crippen LogP contribution in [0.15, 0.2) is 30.3 Å². The van der Waals surface area contributed by atoms with Gasteiger partial charge in [0.05, 0.1) is 16.9 Å². The zero-order valence-corrected chi connectivity index (χ0v) is 12.4. The van der Waals surface area contributed by atoms with E-state index in [1.807, 2.05) is 28.9 Å². The molecule has 108 valence electrons. The standard InChI is InChI=1S/C16H19N5/c1-3-15-19-16(4-2)21(20-15)14-9-11(10-17)18-13-8-6-5-7-12(13)14/h5-9H,3-4,10,17H2,1-2H3. The third kappa shape index (κ3) is 2.40. The van der Waals surface area contributed by atoms with E-state index in [9.17, 15) is 0 Å². The molecule has 3 rings (SSSR count). The molecular formula is C16H19N5. The normalized spacial score (nSPS) is 11.2. The monoisotopic (exact) mass is 281 g/mol. The Balaban J connectivity index is 2.30. The molecular weight excluding hydrogens is 262 g/mol. The molecule has 3 aromatic rings. The second-order valence-corrected chi connectivity index (χ2v) is 4.92. The molecule has 0 radical (unpaired) electrons. The van der Waals surface area contributed by atoms with Crippen molar-refractivity contribution in [1.82, 2.24) is 19.7 Å². The van der Waals surface area contributed by atoms with Crippen LogP contribution in [0.2, 0.25) is 0 Å². The SMILES string of the molecule is CCc1nc(CC)n(-c2cc(CN)nc3ccccc23)n1. The zero-order chi connectivity index (χ0) is 14.8. The number of pyridine rings is 1. The third-order valence-electron chi connectivity index (χ3n) is 3.54. The Morgan fingerprint density at radius 1 is 1.10 bits per heavy atom. The molecule has 21 heavy (non-hydrogen) atoms. The predicted molar refractivity (Wildman–Crippen MR) is 83.3 cm³/mol. The molecule has 2 N–H and O–H groups in total. The van der Waals surface area contributed by atoms with Gasteiger partial charge >= 0.3 is 0 Å². The minimum absolute atomic E-state index is 0.411. The molecule has 0 aliphatic rings. The summed E-state index contributed by atoms with van der Waals surface area (Å²) in [7, 11) is 0. The topological polar surface area (TPSA) is 69.6 Å². The predicted octanol–water partition coefficient (Wildman–Crippen LogP) is 2.40. The molecule has 0 spiro atoms. The van der Waals surface area contributed by atoms with Crippen LogP contribution in [0.25, 0.3) is 16.6 Å². The summed E-state index contributed by atoms with van der Waals surface area (Å²) in [5.41, 5.74) is 8.58. The van der Waals surface area contributed by atoms with E-state index in [4.69, 9.17) is 5.73 Å². The number of aromatic nitrogens is 4. The van der Waals surface area contributed by atoms with Crippen LogP contribution in [-0.2, 0) is 19.4 Å². The number of hydrogen-bond donors (Lipinski definition) is 1. The molecule has 2 heterocycles. The average Bonchev–Trinajstić information content (AvgIpc) is 2.97. The number of nitrogens with two attached hydrogens (primary N) is 1. The summed E-state index contributed by atoms with van der Waals surface area (Å²) in [6.07, 6.45) is 1.66. The van der Waals surface area contributed by atoms with E-state index < -0.39 is 0 Å². The van der Waals surface area contributed by atoms with Crippen molar-refractivity contribution in [2.45, 2.75) is 33.2 Å². The smallest absolute Gasteiger partial charge is 0.151 e. The van der Waals surface area contributed by atoms with Gasteiger partial charge in [0.2, 0.25) is 0 Å². The number of aryl methyl sites for hydroxylation is 2. The lowest BCUT2D eigenvalue weighted by atomic mass is 10.1. The fraction of sp³-hybridized carbons (Fsp3) is 0.312. The molecule has 0 aliphatic heterocycles. The van der Waals surface area contributed by atoms with Gasteiger partial charge in [0.15, 0.2) is 5.82 Å². The van der Waals surface area contributed by atoms with Crippen LogP contribution in [0.4, 0.5) is 0 Å². The maximum absolute atomic E-state index is 5.78. The molecule has 0 atom stereocenters. The lowest BCUT2D eigenvalue weighted by Crippen LogP contribution is -2.07. The minimum Gasteiger partial charge on any atom is -0.325 e. The number of fused-ring (bicyclic) bond motifs is 1. The van der Waals surface area contributed by atoms with E-state index in [1.54, 1.807) is 0 Å². The summed E-state index contributed by atoms with van der Waals surface area (Å²) in [5.74, 6) is 1.83. The van der Waals surface area contributed by atoms with Crippen LogP contribution >= 0.6 is 0 Å². The van der Waals surface area contributed by atoms with Crippen LogP contribution in [0.3, 0.4) is 0 Å². The number of nitrogens with zero attached hydrogens (tertiary/aromatic N) is 4. The van der Waals surface area contributed by atoms with Crippen molar-refractivity contribution < 1.29 is 0 Å². The van der Waals surface area contributed by atoms with E-state index in [-0.39, 0.29) is 0 Å². The van der Waals surface area contributed by atoms with Crippen molar-refractivity contribution in [1.29, 1.82) is 0 Å². The minimum atomic E-state index is 0.411. The van der Waals surface area contributed by atoms with Crippen molar-refractivity contribution in [3.05, 3.63) is 47.7 Å². The lowest BCUT2D eigenvalue weighted by molar-refractivity contribution is 0.792. The fourth-order valence-corrected chi connectivity index (χ4v) is 2.45. The molecule has 0 amide bonds. The zero-order valence-electron chi connectivity index (χ0n) is 12.4. The molecule has 0 saturated heterocycles. The fourth-order valence-electron chi connectivity index (χ4n) is 2.45. The van der Waals surface area contributed by atoms with E-state index in [0.717, 1.165) is 46.8 Å². The number of para-hydroxylation sites is 1. The highest BCUT2D eigenvalue weighted by Gasteiger charge is 2.13. The van der Waals surface area contributed by atoms with Gasteiger partial charge in [-0.2, -0.15) is 5.10 Å².